The number of aliphatic hydroxyl groups excluding tert-OH is 1. The highest BCUT2D eigenvalue weighted by Crippen LogP contribution is 2.35. The van der Waals surface area contributed by atoms with E-state index in [4.69, 9.17) is 9.47 Å². The maximum absolute atomic E-state index is 11.9. The molecule has 1 aromatic carbocycles. The minimum absolute atomic E-state index is 0.0743. The smallest absolute Gasteiger partial charge is 0.179 e. The molecule has 0 aliphatic rings. The molecule has 0 aromatic heterocycles. The number of methoxy groups -OCH3 is 2. The highest BCUT2D eigenvalue weighted by molar-refractivity contribution is 7.90. The van der Waals surface area contributed by atoms with Crippen molar-refractivity contribution in [1.82, 2.24) is 0 Å². The first kappa shape index (κ1) is 14.8. The molecule has 5 nitrogen and oxygen atoms in total. The van der Waals surface area contributed by atoms with Gasteiger partial charge >= 0.3 is 0 Å². The Bertz CT molecular complexity index is 520. The van der Waals surface area contributed by atoms with Crippen LogP contribution < -0.4 is 9.47 Å². The lowest BCUT2D eigenvalue weighted by Gasteiger charge is -2.17. The first-order chi connectivity index (χ1) is 8.31. The van der Waals surface area contributed by atoms with Gasteiger partial charge in [-0.3, -0.25) is 0 Å². The molecule has 1 atom stereocenters. The lowest BCUT2D eigenvalue weighted by molar-refractivity contribution is 0.193. The summed E-state index contributed by atoms with van der Waals surface area (Å²) < 4.78 is 34.0. The minimum atomic E-state index is -3.47. The summed E-state index contributed by atoms with van der Waals surface area (Å²) in [6.45, 7) is 1.59. The monoisotopic (exact) mass is 274 g/mol. The van der Waals surface area contributed by atoms with Gasteiger partial charge in [0.05, 0.1) is 20.3 Å². The normalized spacial score (nSPS) is 13.2. The molecule has 1 unspecified atom stereocenters. The summed E-state index contributed by atoms with van der Waals surface area (Å²) >= 11 is 0. The molecule has 18 heavy (non-hydrogen) atoms. The second-order valence-corrected chi connectivity index (χ2v) is 6.06. The lowest BCUT2D eigenvalue weighted by atomic mass is 10.1. The van der Waals surface area contributed by atoms with Crippen LogP contribution in [0.1, 0.15) is 12.5 Å². The van der Waals surface area contributed by atoms with E-state index in [2.05, 4.69) is 0 Å². The zero-order chi connectivity index (χ0) is 13.9. The summed E-state index contributed by atoms with van der Waals surface area (Å²) in [6, 6.07) is 3.17. The summed E-state index contributed by atoms with van der Waals surface area (Å²) in [6.07, 6.45) is 0.616. The van der Waals surface area contributed by atoms with Gasteiger partial charge < -0.3 is 14.6 Å². The van der Waals surface area contributed by atoms with Gasteiger partial charge in [-0.15, -0.1) is 0 Å². The molecule has 0 heterocycles. The average molecular weight is 274 g/mol. The predicted molar refractivity (Wildman–Crippen MR) is 68.0 cm³/mol. The Kier molecular flexibility index (Phi) is 4.59. The molecule has 6 heteroatoms. The minimum Gasteiger partial charge on any atom is -0.496 e. The molecule has 1 rings (SSSR count). The molecule has 0 fully saturated rings. The maximum atomic E-state index is 11.9. The molecule has 0 saturated carbocycles. The molecule has 0 bridgehead atoms. The van der Waals surface area contributed by atoms with Crippen LogP contribution in [0.4, 0.5) is 0 Å². The Balaban J connectivity index is 3.59. The number of sulfone groups is 1. The Morgan fingerprint density at radius 3 is 2.11 bits per heavy atom. The van der Waals surface area contributed by atoms with E-state index in [9.17, 15) is 13.5 Å². The second kappa shape index (κ2) is 5.58. The van der Waals surface area contributed by atoms with E-state index < -0.39 is 15.9 Å². The third-order valence-electron chi connectivity index (χ3n) is 2.49. The Hall–Kier alpha value is -1.27. The van der Waals surface area contributed by atoms with Gasteiger partial charge in [-0.1, -0.05) is 0 Å². The van der Waals surface area contributed by atoms with E-state index in [-0.39, 0.29) is 17.1 Å². The summed E-state index contributed by atoms with van der Waals surface area (Å²) in [7, 11) is -0.607. The highest BCUT2D eigenvalue weighted by atomic mass is 32.2. The fourth-order valence-corrected chi connectivity index (χ4v) is 2.98. The van der Waals surface area contributed by atoms with Gasteiger partial charge in [0.1, 0.15) is 16.4 Å². The molecular weight excluding hydrogens is 256 g/mol. The van der Waals surface area contributed by atoms with Gasteiger partial charge in [0.15, 0.2) is 9.84 Å². The Labute approximate surface area is 107 Å². The van der Waals surface area contributed by atoms with Crippen molar-refractivity contribution in [2.75, 3.05) is 20.5 Å². The van der Waals surface area contributed by atoms with E-state index in [1.807, 2.05) is 0 Å². The van der Waals surface area contributed by atoms with Crippen molar-refractivity contribution in [2.24, 2.45) is 0 Å². The Morgan fingerprint density at radius 1 is 1.22 bits per heavy atom. The van der Waals surface area contributed by atoms with E-state index in [1.54, 1.807) is 19.1 Å². The summed E-state index contributed by atoms with van der Waals surface area (Å²) in [5, 5.41) is 9.49. The number of aliphatic hydroxyl groups is 1. The molecule has 0 spiro atoms. The molecule has 0 saturated heterocycles. The zero-order valence-electron chi connectivity index (χ0n) is 10.9. The fraction of sp³-hybridized carbons (Fsp3) is 0.500. The highest BCUT2D eigenvalue weighted by Gasteiger charge is 2.23. The molecule has 0 aliphatic carbocycles. The number of hydrogen-bond donors (Lipinski definition) is 1. The topological polar surface area (TPSA) is 72.8 Å². The maximum Gasteiger partial charge on any atom is 0.179 e. The first-order valence-electron chi connectivity index (χ1n) is 5.43. The third-order valence-corrected chi connectivity index (χ3v) is 3.68. The van der Waals surface area contributed by atoms with Crippen LogP contribution in [0.5, 0.6) is 11.5 Å². The van der Waals surface area contributed by atoms with Crippen molar-refractivity contribution in [3.63, 3.8) is 0 Å². The predicted octanol–water partition coefficient (Wildman–Crippen LogP) is 1.03. The van der Waals surface area contributed by atoms with Gasteiger partial charge in [0.2, 0.25) is 0 Å². The number of ether oxygens (including phenoxy) is 2. The standard InChI is InChI=1S/C12H18O5S/c1-8(13)7-9-10(16-2)5-6-11(17-3)12(9)18(4,14)15/h5-6,8,13H,7H2,1-4H3. The van der Waals surface area contributed by atoms with Crippen molar-refractivity contribution >= 4 is 9.84 Å². The van der Waals surface area contributed by atoms with Crippen LogP contribution in [0.25, 0.3) is 0 Å². The molecule has 1 N–H and O–H groups in total. The second-order valence-electron chi connectivity index (χ2n) is 4.10. The molecule has 0 aliphatic heterocycles. The van der Waals surface area contributed by atoms with E-state index in [1.165, 1.54) is 14.2 Å². The SMILES string of the molecule is COc1ccc(OC)c(S(C)(=O)=O)c1CC(C)O. The van der Waals surface area contributed by atoms with E-state index in [0.29, 0.717) is 11.3 Å². The van der Waals surface area contributed by atoms with Crippen LogP contribution in [-0.2, 0) is 16.3 Å². The summed E-state index contributed by atoms with van der Waals surface area (Å²) in [5.41, 5.74) is 0.439. The molecule has 1 aromatic rings. The summed E-state index contributed by atoms with van der Waals surface area (Å²) in [5.74, 6) is 0.686. The number of rotatable bonds is 5. The van der Waals surface area contributed by atoms with Crippen LogP contribution in [-0.4, -0.2) is 40.1 Å². The van der Waals surface area contributed by atoms with Crippen molar-refractivity contribution in [3.8, 4) is 11.5 Å². The van der Waals surface area contributed by atoms with E-state index in [0.717, 1.165) is 6.26 Å². The van der Waals surface area contributed by atoms with Crippen LogP contribution in [0.2, 0.25) is 0 Å². The van der Waals surface area contributed by atoms with Gasteiger partial charge in [0.25, 0.3) is 0 Å². The largest absolute Gasteiger partial charge is 0.496 e. The van der Waals surface area contributed by atoms with Gasteiger partial charge in [0, 0.05) is 18.2 Å². The van der Waals surface area contributed by atoms with Crippen molar-refractivity contribution < 1.29 is 23.0 Å². The quantitative estimate of drug-likeness (QED) is 0.868. The van der Waals surface area contributed by atoms with Crippen molar-refractivity contribution in [3.05, 3.63) is 17.7 Å². The van der Waals surface area contributed by atoms with E-state index >= 15 is 0 Å². The number of benzene rings is 1. The van der Waals surface area contributed by atoms with Crippen LogP contribution in [0.3, 0.4) is 0 Å². The first-order valence-corrected chi connectivity index (χ1v) is 7.32. The lowest BCUT2D eigenvalue weighted by Crippen LogP contribution is -2.12. The summed E-state index contributed by atoms with van der Waals surface area (Å²) in [4.78, 5) is 0.0743. The van der Waals surface area contributed by atoms with Crippen LogP contribution in [0.15, 0.2) is 17.0 Å². The third kappa shape index (κ3) is 3.14. The number of hydrogen-bond acceptors (Lipinski definition) is 5. The van der Waals surface area contributed by atoms with Gasteiger partial charge in [-0.25, -0.2) is 8.42 Å². The molecule has 0 amide bonds. The molecular formula is C12H18O5S. The van der Waals surface area contributed by atoms with Gasteiger partial charge in [-0.05, 0) is 19.1 Å². The van der Waals surface area contributed by atoms with Crippen molar-refractivity contribution in [1.29, 1.82) is 0 Å². The van der Waals surface area contributed by atoms with Crippen LogP contribution >= 0.6 is 0 Å². The van der Waals surface area contributed by atoms with Gasteiger partial charge in [-0.2, -0.15) is 0 Å². The zero-order valence-corrected chi connectivity index (χ0v) is 11.7. The van der Waals surface area contributed by atoms with Crippen LogP contribution in [0, 0.1) is 0 Å². The molecule has 102 valence electrons. The molecule has 0 radical (unpaired) electrons. The fourth-order valence-electron chi connectivity index (χ4n) is 1.84. The van der Waals surface area contributed by atoms with Crippen molar-refractivity contribution in [2.45, 2.75) is 24.3 Å². The average Bonchev–Trinajstić information content (AvgIpc) is 2.25. The Morgan fingerprint density at radius 2 is 1.72 bits per heavy atom.